The zero-order valence-electron chi connectivity index (χ0n) is 18.7. The number of hydrogen-bond donors (Lipinski definition) is 0. The summed E-state index contributed by atoms with van der Waals surface area (Å²) in [6, 6.07) is 40.2. The first-order valence-corrected chi connectivity index (χ1v) is 11.1. The number of fused-ring (bicyclic) bond motifs is 3. The Morgan fingerprint density at radius 1 is 0.559 bits per heavy atom. The maximum absolute atomic E-state index is 2.35. The van der Waals surface area contributed by atoms with Gasteiger partial charge in [-0.05, 0) is 39.8 Å². The molecule has 0 atom stereocenters. The molecule has 6 rings (SSSR count). The van der Waals surface area contributed by atoms with Crippen molar-refractivity contribution in [2.75, 3.05) is 0 Å². The molecule has 2 aliphatic rings. The fraction of sp³-hybridized carbons (Fsp3) is 0.0968. The number of halogens is 2. The van der Waals surface area contributed by atoms with Gasteiger partial charge in [-0.15, -0.1) is 0 Å². The van der Waals surface area contributed by atoms with E-state index in [1.165, 1.54) is 39.0 Å². The summed E-state index contributed by atoms with van der Waals surface area (Å²) in [5.41, 5.74) is 9.47. The minimum Gasteiger partial charge on any atom is -1.00 e. The molecular weight excluding hydrogens is 534 g/mol. The van der Waals surface area contributed by atoms with Crippen molar-refractivity contribution in [1.82, 2.24) is 0 Å². The quantitative estimate of drug-likeness (QED) is 0.358. The molecule has 0 unspecified atom stereocenters. The molecule has 166 valence electrons. The first kappa shape index (κ1) is 26.4. The van der Waals surface area contributed by atoms with Crippen LogP contribution in [0.15, 0.2) is 133 Å². The van der Waals surface area contributed by atoms with Crippen LogP contribution >= 0.6 is 0 Å². The Kier molecular flexibility index (Phi) is 8.58. The zero-order chi connectivity index (χ0) is 20.7. The molecule has 0 heterocycles. The molecule has 4 aromatic carbocycles. The molecule has 0 N–H and O–H groups in total. The Morgan fingerprint density at radius 2 is 1.00 bits per heavy atom. The Balaban J connectivity index is 0.00000108. The first-order valence-electron chi connectivity index (χ1n) is 11.1. The molecule has 0 aliphatic heterocycles. The molecule has 34 heavy (non-hydrogen) atoms. The molecule has 0 saturated carbocycles. The van der Waals surface area contributed by atoms with Crippen LogP contribution in [0, 0.1) is 0 Å². The fourth-order valence-corrected chi connectivity index (χ4v) is 5.82. The third-order valence-corrected chi connectivity index (χ3v) is 7.00. The molecule has 3 heteroatoms. The van der Waals surface area contributed by atoms with E-state index in [4.69, 9.17) is 0 Å². The maximum Gasteiger partial charge on any atom is 2.00 e. The fourth-order valence-electron chi connectivity index (χ4n) is 5.82. The van der Waals surface area contributed by atoms with E-state index in [9.17, 15) is 0 Å². The second kappa shape index (κ2) is 11.0. The Bertz CT molecular complexity index is 1220. The average Bonchev–Trinajstić information content (AvgIpc) is 3.49. The smallest absolute Gasteiger partial charge is 1.00 e. The van der Waals surface area contributed by atoms with E-state index in [1.807, 2.05) is 0 Å². The molecule has 0 fully saturated rings. The van der Waals surface area contributed by atoms with E-state index in [2.05, 4.69) is 127 Å². The predicted molar refractivity (Wildman–Crippen MR) is 129 cm³/mol. The van der Waals surface area contributed by atoms with E-state index in [0.29, 0.717) is 0 Å². The van der Waals surface area contributed by atoms with Crippen LogP contribution in [-0.2, 0) is 31.6 Å². The number of benzene rings is 4. The van der Waals surface area contributed by atoms with Crippen molar-refractivity contribution in [3.05, 3.63) is 155 Å². The van der Waals surface area contributed by atoms with Crippen molar-refractivity contribution >= 4 is 0 Å². The van der Waals surface area contributed by atoms with Gasteiger partial charge in [-0.3, -0.25) is 0 Å². The Labute approximate surface area is 233 Å². The van der Waals surface area contributed by atoms with Gasteiger partial charge in [-0.1, -0.05) is 133 Å². The van der Waals surface area contributed by atoms with Crippen LogP contribution in [0.5, 0.6) is 0 Å². The van der Waals surface area contributed by atoms with Gasteiger partial charge in [0.2, 0.25) is 0 Å². The molecule has 0 bridgehead atoms. The van der Waals surface area contributed by atoms with E-state index < -0.39 is 0 Å². The molecule has 2 aliphatic carbocycles. The number of rotatable bonds is 4. The van der Waals surface area contributed by atoms with Gasteiger partial charge in [0.15, 0.2) is 0 Å². The van der Waals surface area contributed by atoms with Gasteiger partial charge in [0, 0.05) is 5.92 Å². The predicted octanol–water partition coefficient (Wildman–Crippen LogP) is 1.68. The van der Waals surface area contributed by atoms with Gasteiger partial charge in [0.05, 0.1) is 5.41 Å². The van der Waals surface area contributed by atoms with Crippen LogP contribution < -0.4 is 24.8 Å². The van der Waals surface area contributed by atoms with Crippen molar-refractivity contribution in [2.24, 2.45) is 0 Å². The largest absolute Gasteiger partial charge is 2.00 e. The summed E-state index contributed by atoms with van der Waals surface area (Å²) in [6.07, 6.45) is 7.85. The molecule has 0 nitrogen and oxygen atoms in total. The van der Waals surface area contributed by atoms with Gasteiger partial charge < -0.3 is 24.8 Å². The molecular formula is C31H24Cl2Zr. The minimum atomic E-state index is -0.269. The summed E-state index contributed by atoms with van der Waals surface area (Å²) in [6.45, 7) is 0. The topological polar surface area (TPSA) is 0 Å². The minimum absolute atomic E-state index is 0. The third kappa shape index (κ3) is 3.99. The second-order valence-corrected chi connectivity index (χ2v) is 8.47. The molecule has 0 aromatic heterocycles. The molecule has 0 spiro atoms. The second-order valence-electron chi connectivity index (χ2n) is 8.47. The van der Waals surface area contributed by atoms with Crippen LogP contribution in [0.2, 0.25) is 0 Å². The average molecular weight is 559 g/mol. The maximum atomic E-state index is 2.35. The van der Waals surface area contributed by atoms with Crippen LogP contribution in [0.1, 0.15) is 34.6 Å². The van der Waals surface area contributed by atoms with Crippen molar-refractivity contribution < 1.29 is 51.0 Å². The van der Waals surface area contributed by atoms with Crippen molar-refractivity contribution in [1.29, 1.82) is 0 Å². The van der Waals surface area contributed by atoms with Crippen LogP contribution in [0.4, 0.5) is 0 Å². The van der Waals surface area contributed by atoms with E-state index in [1.54, 1.807) is 0 Å². The first-order chi connectivity index (χ1) is 15.4. The molecule has 0 radical (unpaired) electrons. The van der Waals surface area contributed by atoms with E-state index in [-0.39, 0.29) is 62.4 Å². The van der Waals surface area contributed by atoms with Gasteiger partial charge in [-0.25, -0.2) is 0 Å². The summed E-state index contributed by atoms with van der Waals surface area (Å²) in [4.78, 5) is 0. The summed E-state index contributed by atoms with van der Waals surface area (Å²) in [7, 11) is 0. The van der Waals surface area contributed by atoms with Crippen molar-refractivity contribution in [3.63, 3.8) is 0 Å². The summed E-state index contributed by atoms with van der Waals surface area (Å²) in [5, 5.41) is 0. The van der Waals surface area contributed by atoms with Crippen LogP contribution in [-0.4, -0.2) is 0 Å². The van der Waals surface area contributed by atoms with Gasteiger partial charge in [0.1, 0.15) is 0 Å². The molecule has 0 amide bonds. The summed E-state index contributed by atoms with van der Waals surface area (Å²) >= 11 is 0. The molecule has 4 aromatic rings. The van der Waals surface area contributed by atoms with Crippen LogP contribution in [0.25, 0.3) is 11.1 Å². The molecule has 0 saturated heterocycles. The SMILES string of the molecule is C1=CCC(C(c2ccccc2)(c2ccccc2)C2c3ccccc3-c3ccccc32)=C1.[Cl-].[Cl-].[Zr+2]. The standard InChI is InChI=1S/C31H24.2ClH.Zr/c1-3-13-23(14-4-1)31(25-17-7-8-18-25,24-15-5-2-6-16-24)30-28-21-11-9-19-26(28)27-20-10-12-22-29(27)30;;;/h1-17,19-22,30H,18H2;2*1H;/q;;;+2/p-2. The van der Waals surface area contributed by atoms with Crippen LogP contribution in [0.3, 0.4) is 0 Å². The number of hydrogen-bond acceptors (Lipinski definition) is 0. The van der Waals surface area contributed by atoms with Gasteiger partial charge >= 0.3 is 26.2 Å². The summed E-state index contributed by atoms with van der Waals surface area (Å²) in [5.74, 6) is 0.218. The van der Waals surface area contributed by atoms with Crippen molar-refractivity contribution in [2.45, 2.75) is 17.8 Å². The Hall–Kier alpha value is -2.18. The number of allylic oxidation sites excluding steroid dienone is 4. The normalized spacial score (nSPS) is 13.6. The third-order valence-electron chi connectivity index (χ3n) is 7.00. The van der Waals surface area contributed by atoms with E-state index in [0.717, 1.165) is 6.42 Å². The van der Waals surface area contributed by atoms with Gasteiger partial charge in [0.25, 0.3) is 0 Å². The summed E-state index contributed by atoms with van der Waals surface area (Å²) < 4.78 is 0. The van der Waals surface area contributed by atoms with E-state index >= 15 is 0 Å². The van der Waals surface area contributed by atoms with Gasteiger partial charge in [-0.2, -0.15) is 0 Å². The monoisotopic (exact) mass is 556 g/mol. The van der Waals surface area contributed by atoms with Crippen molar-refractivity contribution in [3.8, 4) is 11.1 Å². The zero-order valence-corrected chi connectivity index (χ0v) is 22.6. The Morgan fingerprint density at radius 3 is 1.44 bits per heavy atom.